The molecule has 1 aromatic heterocycles. The molecule has 1 aromatic carbocycles. The number of nitrogens with zero attached hydrogens (tertiary/aromatic N) is 1. The lowest BCUT2D eigenvalue weighted by Gasteiger charge is -2.23. The molecule has 2 N–H and O–H groups in total. The Bertz CT molecular complexity index is 651. The van der Waals surface area contributed by atoms with Crippen LogP contribution in [0.3, 0.4) is 0 Å². The molecule has 0 saturated carbocycles. The smallest absolute Gasteiger partial charge is 0.270 e. The number of carbonyl (C=O) groups excluding carboxylic acids is 1. The first-order chi connectivity index (χ1) is 10.3. The molecule has 110 valence electrons. The number of hydrogen-bond acceptors (Lipinski definition) is 4. The number of rotatable bonds is 3. The molecule has 1 aliphatic heterocycles. The number of fused-ring (bicyclic) bond motifs is 1. The third-order valence-electron chi connectivity index (χ3n) is 3.71. The van der Waals surface area contributed by atoms with Gasteiger partial charge in [0.15, 0.2) is 0 Å². The Balaban J connectivity index is 1.87. The number of carbonyl (C=O) groups is 1. The van der Waals surface area contributed by atoms with Crippen molar-refractivity contribution in [2.75, 3.05) is 25.6 Å². The van der Waals surface area contributed by atoms with E-state index in [1.165, 1.54) is 0 Å². The van der Waals surface area contributed by atoms with Crippen LogP contribution < -0.4 is 10.6 Å². The fourth-order valence-corrected chi connectivity index (χ4v) is 2.61. The van der Waals surface area contributed by atoms with Crippen LogP contribution in [0.15, 0.2) is 30.3 Å². The van der Waals surface area contributed by atoms with Crippen molar-refractivity contribution in [3.63, 3.8) is 0 Å². The van der Waals surface area contributed by atoms with Crippen molar-refractivity contribution >= 4 is 22.5 Å². The van der Waals surface area contributed by atoms with Crippen LogP contribution in [0.25, 0.3) is 10.9 Å². The molecular weight excluding hydrogens is 266 g/mol. The van der Waals surface area contributed by atoms with Gasteiger partial charge in [0.05, 0.1) is 18.2 Å². The van der Waals surface area contributed by atoms with Gasteiger partial charge in [0.25, 0.3) is 5.91 Å². The third-order valence-corrected chi connectivity index (χ3v) is 3.71. The van der Waals surface area contributed by atoms with E-state index in [4.69, 9.17) is 4.74 Å². The Morgan fingerprint density at radius 1 is 1.38 bits per heavy atom. The minimum absolute atomic E-state index is 0.0811. The number of benzene rings is 1. The van der Waals surface area contributed by atoms with Gasteiger partial charge in [-0.2, -0.15) is 0 Å². The summed E-state index contributed by atoms with van der Waals surface area (Å²) in [4.78, 5) is 16.8. The second-order valence-corrected chi connectivity index (χ2v) is 5.21. The van der Waals surface area contributed by atoms with E-state index < -0.39 is 0 Å². The van der Waals surface area contributed by atoms with Crippen molar-refractivity contribution in [3.8, 4) is 0 Å². The van der Waals surface area contributed by atoms with Gasteiger partial charge in [0.1, 0.15) is 5.69 Å². The molecule has 2 aromatic rings. The van der Waals surface area contributed by atoms with Gasteiger partial charge in [-0.05, 0) is 25.0 Å². The molecule has 21 heavy (non-hydrogen) atoms. The molecule has 0 spiro atoms. The molecule has 1 amide bonds. The standard InChI is InChI=1S/C16H19N3O2/c1-17-14-9-15(19-13-7-3-2-6-12(13)14)16(20)18-11-5-4-8-21-10-11/h2-3,6-7,9,11H,4-5,8,10H2,1H3,(H,17,19)(H,18,20). The zero-order valence-electron chi connectivity index (χ0n) is 12.1. The molecule has 1 unspecified atom stereocenters. The maximum Gasteiger partial charge on any atom is 0.270 e. The maximum atomic E-state index is 12.4. The average molecular weight is 285 g/mol. The monoisotopic (exact) mass is 285 g/mol. The summed E-state index contributed by atoms with van der Waals surface area (Å²) in [6.45, 7) is 1.36. The Kier molecular flexibility index (Phi) is 4.01. The van der Waals surface area contributed by atoms with E-state index in [2.05, 4.69) is 15.6 Å². The lowest BCUT2D eigenvalue weighted by Crippen LogP contribution is -2.40. The Morgan fingerprint density at radius 3 is 3.00 bits per heavy atom. The summed E-state index contributed by atoms with van der Waals surface area (Å²) < 4.78 is 5.39. The van der Waals surface area contributed by atoms with Crippen LogP contribution in [-0.4, -0.2) is 37.2 Å². The molecule has 1 fully saturated rings. The van der Waals surface area contributed by atoms with Crippen LogP contribution >= 0.6 is 0 Å². The number of para-hydroxylation sites is 1. The maximum absolute atomic E-state index is 12.4. The van der Waals surface area contributed by atoms with Crippen LogP contribution in [0.1, 0.15) is 23.3 Å². The topological polar surface area (TPSA) is 63.2 Å². The van der Waals surface area contributed by atoms with Crippen LogP contribution in [0.4, 0.5) is 5.69 Å². The van der Waals surface area contributed by atoms with E-state index in [-0.39, 0.29) is 11.9 Å². The molecule has 1 atom stereocenters. The van der Waals surface area contributed by atoms with Crippen molar-refractivity contribution in [2.45, 2.75) is 18.9 Å². The lowest BCUT2D eigenvalue weighted by atomic mass is 10.1. The van der Waals surface area contributed by atoms with Gasteiger partial charge in [-0.3, -0.25) is 4.79 Å². The van der Waals surface area contributed by atoms with Crippen LogP contribution in [0, 0.1) is 0 Å². The molecule has 3 rings (SSSR count). The summed E-state index contributed by atoms with van der Waals surface area (Å²) in [5, 5.41) is 7.13. The molecule has 1 saturated heterocycles. The minimum atomic E-state index is -0.146. The highest BCUT2D eigenvalue weighted by molar-refractivity contribution is 5.99. The molecule has 0 bridgehead atoms. The van der Waals surface area contributed by atoms with Crippen molar-refractivity contribution in [2.24, 2.45) is 0 Å². The molecule has 5 heteroatoms. The highest BCUT2D eigenvalue weighted by Gasteiger charge is 2.18. The molecular formula is C16H19N3O2. The van der Waals surface area contributed by atoms with Gasteiger partial charge < -0.3 is 15.4 Å². The van der Waals surface area contributed by atoms with Crippen LogP contribution in [0.2, 0.25) is 0 Å². The van der Waals surface area contributed by atoms with Crippen molar-refractivity contribution < 1.29 is 9.53 Å². The van der Waals surface area contributed by atoms with Crippen molar-refractivity contribution in [1.29, 1.82) is 0 Å². The van der Waals surface area contributed by atoms with Gasteiger partial charge in [0, 0.05) is 24.7 Å². The van der Waals surface area contributed by atoms with Gasteiger partial charge in [-0.1, -0.05) is 18.2 Å². The van der Waals surface area contributed by atoms with Crippen LogP contribution in [-0.2, 0) is 4.74 Å². The molecule has 0 aliphatic carbocycles. The summed E-state index contributed by atoms with van der Waals surface area (Å²) in [5.41, 5.74) is 2.16. The fourth-order valence-electron chi connectivity index (χ4n) is 2.61. The lowest BCUT2D eigenvalue weighted by molar-refractivity contribution is 0.0622. The summed E-state index contributed by atoms with van der Waals surface area (Å²) >= 11 is 0. The largest absolute Gasteiger partial charge is 0.388 e. The van der Waals surface area contributed by atoms with Crippen molar-refractivity contribution in [1.82, 2.24) is 10.3 Å². The number of nitrogens with one attached hydrogen (secondary N) is 2. The zero-order valence-corrected chi connectivity index (χ0v) is 12.1. The van der Waals surface area contributed by atoms with E-state index >= 15 is 0 Å². The van der Waals surface area contributed by atoms with Gasteiger partial charge in [-0.25, -0.2) is 4.98 Å². The second-order valence-electron chi connectivity index (χ2n) is 5.21. The summed E-state index contributed by atoms with van der Waals surface area (Å²) in [6.07, 6.45) is 1.94. The number of ether oxygens (including phenoxy) is 1. The Labute approximate surface area is 123 Å². The first-order valence-electron chi connectivity index (χ1n) is 7.24. The van der Waals surface area contributed by atoms with Gasteiger partial charge in [-0.15, -0.1) is 0 Å². The summed E-state index contributed by atoms with van der Waals surface area (Å²) in [6, 6.07) is 9.66. The summed E-state index contributed by atoms with van der Waals surface area (Å²) in [5.74, 6) is -0.146. The number of hydrogen-bond donors (Lipinski definition) is 2. The number of pyridine rings is 1. The van der Waals surface area contributed by atoms with E-state index in [0.717, 1.165) is 36.0 Å². The molecule has 2 heterocycles. The number of amides is 1. The molecule has 5 nitrogen and oxygen atoms in total. The first kappa shape index (κ1) is 13.8. The van der Waals surface area contributed by atoms with Gasteiger partial charge in [0.2, 0.25) is 0 Å². The molecule has 0 radical (unpaired) electrons. The second kappa shape index (κ2) is 6.10. The fraction of sp³-hybridized carbons (Fsp3) is 0.375. The normalized spacial score (nSPS) is 18.4. The highest BCUT2D eigenvalue weighted by atomic mass is 16.5. The number of aromatic nitrogens is 1. The van der Waals surface area contributed by atoms with Crippen LogP contribution in [0.5, 0.6) is 0 Å². The molecule has 1 aliphatic rings. The minimum Gasteiger partial charge on any atom is -0.388 e. The first-order valence-corrected chi connectivity index (χ1v) is 7.24. The highest BCUT2D eigenvalue weighted by Crippen LogP contribution is 2.22. The average Bonchev–Trinajstić information content (AvgIpc) is 2.54. The Morgan fingerprint density at radius 2 is 2.24 bits per heavy atom. The SMILES string of the molecule is CNc1cc(C(=O)NC2CCCOC2)nc2ccccc12. The summed E-state index contributed by atoms with van der Waals surface area (Å²) in [7, 11) is 1.85. The number of anilines is 1. The Hall–Kier alpha value is -2.14. The van der Waals surface area contributed by atoms with E-state index in [0.29, 0.717) is 12.3 Å². The van der Waals surface area contributed by atoms with Gasteiger partial charge >= 0.3 is 0 Å². The van der Waals surface area contributed by atoms with E-state index in [9.17, 15) is 4.79 Å². The van der Waals surface area contributed by atoms with E-state index in [1.54, 1.807) is 6.07 Å². The van der Waals surface area contributed by atoms with E-state index in [1.807, 2.05) is 31.3 Å². The third kappa shape index (κ3) is 2.97. The predicted octanol–water partition coefficient (Wildman–Crippen LogP) is 2.19. The zero-order chi connectivity index (χ0) is 14.7. The predicted molar refractivity (Wildman–Crippen MR) is 82.6 cm³/mol. The quantitative estimate of drug-likeness (QED) is 0.907. The van der Waals surface area contributed by atoms with Crippen molar-refractivity contribution in [3.05, 3.63) is 36.0 Å².